The molecule has 3 heterocycles. The standard InChI is InChI=1S/C17H13Cl2NO5/c1-8(21)24-7-17-3-2-12(25-17)13-14(17)16(23)20(15(13)22)11-5-9(18)4-10(19)6-11/h2-6,12-14H,7H2,1H3/t12-,13+,14+,17-/m1/s1. The molecule has 1 aromatic rings. The van der Waals surface area contributed by atoms with Crippen molar-refractivity contribution in [3.8, 4) is 0 Å². The summed E-state index contributed by atoms with van der Waals surface area (Å²) in [4.78, 5) is 38.2. The van der Waals surface area contributed by atoms with Crippen molar-refractivity contribution in [3.63, 3.8) is 0 Å². The van der Waals surface area contributed by atoms with Crippen LogP contribution < -0.4 is 4.90 Å². The van der Waals surface area contributed by atoms with E-state index in [0.717, 1.165) is 4.90 Å². The van der Waals surface area contributed by atoms with Gasteiger partial charge in [-0.05, 0) is 24.3 Å². The van der Waals surface area contributed by atoms with Gasteiger partial charge >= 0.3 is 5.97 Å². The second kappa shape index (κ2) is 5.56. The van der Waals surface area contributed by atoms with Crippen LogP contribution in [0.4, 0.5) is 5.69 Å². The SMILES string of the molecule is CC(=O)OC[C@@]12C=C[C@@H](O1)[C@@H]1C(=O)N(c3cc(Cl)cc(Cl)c3)C(=O)[C@H]12. The Morgan fingerprint density at radius 1 is 1.24 bits per heavy atom. The molecule has 130 valence electrons. The number of hydrogen-bond donors (Lipinski definition) is 0. The summed E-state index contributed by atoms with van der Waals surface area (Å²) in [7, 11) is 0. The normalized spacial score (nSPS) is 32.4. The molecule has 0 aliphatic carbocycles. The average molecular weight is 382 g/mol. The van der Waals surface area contributed by atoms with E-state index in [4.69, 9.17) is 32.7 Å². The Morgan fingerprint density at radius 2 is 1.92 bits per heavy atom. The zero-order chi connectivity index (χ0) is 17.9. The first kappa shape index (κ1) is 16.6. The van der Waals surface area contributed by atoms with E-state index in [9.17, 15) is 14.4 Å². The number of carbonyl (C=O) groups is 3. The Morgan fingerprint density at radius 3 is 2.56 bits per heavy atom. The van der Waals surface area contributed by atoms with Crippen LogP contribution in [0, 0.1) is 11.8 Å². The lowest BCUT2D eigenvalue weighted by molar-refractivity contribution is -0.150. The van der Waals surface area contributed by atoms with Crippen LogP contribution in [-0.2, 0) is 23.9 Å². The second-order valence-corrected chi connectivity index (χ2v) is 7.19. The van der Waals surface area contributed by atoms with Crippen molar-refractivity contribution >= 4 is 46.7 Å². The van der Waals surface area contributed by atoms with Crippen LogP contribution in [0.15, 0.2) is 30.4 Å². The van der Waals surface area contributed by atoms with Crippen LogP contribution in [0.1, 0.15) is 6.92 Å². The summed E-state index contributed by atoms with van der Waals surface area (Å²) >= 11 is 12.0. The van der Waals surface area contributed by atoms with Gasteiger partial charge in [-0.3, -0.25) is 14.4 Å². The van der Waals surface area contributed by atoms with Crippen LogP contribution in [0.5, 0.6) is 0 Å². The van der Waals surface area contributed by atoms with Crippen molar-refractivity contribution in [3.05, 3.63) is 40.4 Å². The van der Waals surface area contributed by atoms with E-state index in [-0.39, 0.29) is 12.5 Å². The van der Waals surface area contributed by atoms with E-state index in [1.165, 1.54) is 25.1 Å². The molecule has 0 unspecified atom stereocenters. The molecule has 4 rings (SSSR count). The molecule has 2 fully saturated rings. The highest BCUT2D eigenvalue weighted by Gasteiger charge is 2.68. The lowest BCUT2D eigenvalue weighted by atomic mass is 9.77. The Bertz CT molecular complexity index is 818. The van der Waals surface area contributed by atoms with E-state index in [2.05, 4.69) is 0 Å². The molecule has 6 nitrogen and oxygen atoms in total. The number of ether oxygens (including phenoxy) is 2. The number of imide groups is 1. The highest BCUT2D eigenvalue weighted by atomic mass is 35.5. The molecule has 0 aromatic heterocycles. The number of benzene rings is 1. The van der Waals surface area contributed by atoms with Crippen molar-refractivity contribution in [1.29, 1.82) is 0 Å². The van der Waals surface area contributed by atoms with Crippen molar-refractivity contribution in [1.82, 2.24) is 0 Å². The van der Waals surface area contributed by atoms with Gasteiger partial charge in [-0.2, -0.15) is 0 Å². The molecule has 0 spiro atoms. The molecule has 2 bridgehead atoms. The smallest absolute Gasteiger partial charge is 0.302 e. The van der Waals surface area contributed by atoms with E-state index < -0.39 is 35.4 Å². The van der Waals surface area contributed by atoms with Crippen molar-refractivity contribution in [2.45, 2.75) is 18.6 Å². The minimum Gasteiger partial charge on any atom is -0.462 e. The van der Waals surface area contributed by atoms with Crippen LogP contribution >= 0.6 is 23.2 Å². The highest BCUT2D eigenvalue weighted by Crippen LogP contribution is 2.52. The average Bonchev–Trinajstić information content (AvgIpc) is 3.15. The lowest BCUT2D eigenvalue weighted by Crippen LogP contribution is -2.44. The molecule has 3 aliphatic heterocycles. The van der Waals surface area contributed by atoms with Gasteiger partial charge in [0.1, 0.15) is 12.2 Å². The number of hydrogen-bond acceptors (Lipinski definition) is 5. The Kier molecular flexibility index (Phi) is 3.68. The van der Waals surface area contributed by atoms with E-state index >= 15 is 0 Å². The first-order valence-corrected chi connectivity index (χ1v) is 8.42. The maximum absolute atomic E-state index is 13.0. The zero-order valence-electron chi connectivity index (χ0n) is 13.1. The molecule has 25 heavy (non-hydrogen) atoms. The summed E-state index contributed by atoms with van der Waals surface area (Å²) in [6.07, 6.45) is 2.93. The van der Waals surface area contributed by atoms with Gasteiger partial charge in [0.05, 0.1) is 23.6 Å². The number of amides is 2. The van der Waals surface area contributed by atoms with Crippen LogP contribution in [-0.4, -0.2) is 36.1 Å². The number of nitrogens with zero attached hydrogens (tertiary/aromatic N) is 1. The number of esters is 1. The lowest BCUT2D eigenvalue weighted by Gasteiger charge is -2.28. The summed E-state index contributed by atoms with van der Waals surface area (Å²) in [5.41, 5.74) is -0.783. The van der Waals surface area contributed by atoms with Gasteiger partial charge < -0.3 is 9.47 Å². The minimum absolute atomic E-state index is 0.111. The van der Waals surface area contributed by atoms with Gasteiger partial charge in [0.25, 0.3) is 0 Å². The summed E-state index contributed by atoms with van der Waals surface area (Å²) in [5, 5.41) is 0.652. The quantitative estimate of drug-likeness (QED) is 0.456. The predicted octanol–water partition coefficient (Wildman–Crippen LogP) is 2.37. The monoisotopic (exact) mass is 381 g/mol. The molecule has 0 saturated carbocycles. The molecule has 1 aromatic carbocycles. The Labute approximate surface area is 153 Å². The molecule has 0 radical (unpaired) electrons. The van der Waals surface area contributed by atoms with Gasteiger partial charge in [-0.25, -0.2) is 4.90 Å². The maximum atomic E-state index is 13.0. The molecular formula is C17H13Cl2NO5. The summed E-state index contributed by atoms with van der Waals surface area (Å²) in [6, 6.07) is 4.55. The number of rotatable bonds is 3. The number of halogens is 2. The molecule has 3 aliphatic rings. The minimum atomic E-state index is -1.11. The molecule has 0 N–H and O–H groups in total. The van der Waals surface area contributed by atoms with Gasteiger partial charge in [-0.15, -0.1) is 0 Å². The van der Waals surface area contributed by atoms with E-state index in [1.54, 1.807) is 12.2 Å². The largest absolute Gasteiger partial charge is 0.462 e. The van der Waals surface area contributed by atoms with Crippen LogP contribution in [0.3, 0.4) is 0 Å². The Balaban J connectivity index is 1.71. The molecule has 8 heteroatoms. The summed E-state index contributed by atoms with van der Waals surface area (Å²) in [6.45, 7) is 1.17. The fraction of sp³-hybridized carbons (Fsp3) is 0.353. The van der Waals surface area contributed by atoms with Gasteiger partial charge in [0.2, 0.25) is 11.8 Å². The predicted molar refractivity (Wildman–Crippen MR) is 89.3 cm³/mol. The molecular weight excluding hydrogens is 369 g/mol. The van der Waals surface area contributed by atoms with Gasteiger partial charge in [0.15, 0.2) is 0 Å². The maximum Gasteiger partial charge on any atom is 0.302 e. The van der Waals surface area contributed by atoms with Gasteiger partial charge in [-0.1, -0.05) is 29.3 Å². The van der Waals surface area contributed by atoms with Crippen molar-refractivity contribution in [2.75, 3.05) is 11.5 Å². The third kappa shape index (κ3) is 2.39. The van der Waals surface area contributed by atoms with Crippen molar-refractivity contribution in [2.24, 2.45) is 11.8 Å². The van der Waals surface area contributed by atoms with E-state index in [1.807, 2.05) is 0 Å². The topological polar surface area (TPSA) is 72.9 Å². The third-order valence-corrected chi connectivity index (χ3v) is 5.20. The zero-order valence-corrected chi connectivity index (χ0v) is 14.6. The molecule has 4 atom stereocenters. The fourth-order valence-corrected chi connectivity index (χ4v) is 4.32. The first-order chi connectivity index (χ1) is 11.8. The summed E-state index contributed by atoms with van der Waals surface area (Å²) in [5.74, 6) is -2.65. The van der Waals surface area contributed by atoms with Crippen LogP contribution in [0.25, 0.3) is 0 Å². The third-order valence-electron chi connectivity index (χ3n) is 4.76. The molecule has 2 amide bonds. The Hall–Kier alpha value is -1.89. The first-order valence-electron chi connectivity index (χ1n) is 7.67. The van der Waals surface area contributed by atoms with E-state index in [0.29, 0.717) is 15.7 Å². The highest BCUT2D eigenvalue weighted by molar-refractivity contribution is 6.35. The summed E-state index contributed by atoms with van der Waals surface area (Å²) < 4.78 is 10.9. The number of fused-ring (bicyclic) bond motifs is 5. The fourth-order valence-electron chi connectivity index (χ4n) is 3.80. The van der Waals surface area contributed by atoms with Crippen molar-refractivity contribution < 1.29 is 23.9 Å². The second-order valence-electron chi connectivity index (χ2n) is 6.32. The number of carbonyl (C=O) groups excluding carboxylic acids is 3. The van der Waals surface area contributed by atoms with Gasteiger partial charge in [0, 0.05) is 17.0 Å². The van der Waals surface area contributed by atoms with Crippen LogP contribution in [0.2, 0.25) is 10.0 Å². The molecule has 2 saturated heterocycles. The number of anilines is 1.